The number of rotatable bonds is 4. The number of aliphatic hydroxyl groups is 1. The lowest BCUT2D eigenvalue weighted by atomic mass is 9.33. The lowest BCUT2D eigenvalue weighted by molar-refractivity contribution is -0.238. The van der Waals surface area contributed by atoms with Gasteiger partial charge in [-0.25, -0.2) is 4.79 Å². The molecule has 0 radical (unpaired) electrons. The zero-order chi connectivity index (χ0) is 32.7. The lowest BCUT2D eigenvalue weighted by Gasteiger charge is -2.71. The Bertz CT molecular complexity index is 1410. The van der Waals surface area contributed by atoms with Crippen molar-refractivity contribution in [2.24, 2.45) is 56.7 Å². The molecule has 246 valence electrons. The van der Waals surface area contributed by atoms with Crippen LogP contribution in [0, 0.1) is 56.7 Å². The van der Waals surface area contributed by atoms with E-state index in [9.17, 15) is 24.9 Å². The zero-order valence-corrected chi connectivity index (χ0v) is 28.3. The second kappa shape index (κ2) is 10.7. The number of carbonyl (C=O) groups excluding carboxylic acids is 1. The fraction of sp³-hybridized carbons (Fsp3) is 0.692. The highest BCUT2D eigenvalue weighted by atomic mass is 16.6. The molecule has 6 nitrogen and oxygen atoms in total. The van der Waals surface area contributed by atoms with Crippen molar-refractivity contribution in [3.8, 4) is 5.75 Å². The van der Waals surface area contributed by atoms with Gasteiger partial charge in [0.2, 0.25) is 0 Å². The van der Waals surface area contributed by atoms with Gasteiger partial charge in [0, 0.05) is 11.5 Å². The predicted octanol–water partition coefficient (Wildman–Crippen LogP) is 8.03. The van der Waals surface area contributed by atoms with Crippen LogP contribution < -0.4 is 0 Å². The number of hydrogen-bond acceptors (Lipinski definition) is 5. The molecule has 5 aliphatic carbocycles. The van der Waals surface area contributed by atoms with E-state index in [1.54, 1.807) is 30.3 Å². The number of esters is 1. The molecular weight excluding hydrogens is 564 g/mol. The smallest absolute Gasteiger partial charge is 0.331 e. The molecule has 0 heterocycles. The fourth-order valence-electron chi connectivity index (χ4n) is 12.1. The number of carboxylic acid groups (broad SMARTS) is 1. The Labute approximate surface area is 269 Å². The standard InChI is InChI=1S/C39H54O6/c1-23-16-19-39(34(43)44)21-20-37(6)27(32(39)24(23)2)13-14-30-36(5)22-28(41)33(35(3,4)29(36)17-18-38(30,37)7)45-31(42)15-10-25-8-11-26(40)12-9-25/h8-13,15,23-24,28-30,32-33,40-41H,14,16-22H2,1-7H3,(H,43,44)/t23-,24+,28-,29?,30?,32?,33+,36+,37-,38-,39+/m1/s1. The maximum absolute atomic E-state index is 13.0. The summed E-state index contributed by atoms with van der Waals surface area (Å²) in [7, 11) is 0. The molecule has 6 rings (SSSR count). The molecule has 5 aliphatic rings. The number of hydrogen-bond donors (Lipinski definition) is 3. The number of ether oxygens (including phenoxy) is 1. The van der Waals surface area contributed by atoms with E-state index in [0.29, 0.717) is 24.2 Å². The van der Waals surface area contributed by atoms with Crippen LogP contribution in [0.4, 0.5) is 0 Å². The molecule has 0 amide bonds. The summed E-state index contributed by atoms with van der Waals surface area (Å²) < 4.78 is 6.05. The van der Waals surface area contributed by atoms with Gasteiger partial charge in [-0.05, 0) is 121 Å². The number of carbonyl (C=O) groups is 2. The minimum atomic E-state index is -0.780. The molecule has 4 saturated carbocycles. The average molecular weight is 619 g/mol. The van der Waals surface area contributed by atoms with Gasteiger partial charge >= 0.3 is 11.9 Å². The van der Waals surface area contributed by atoms with Gasteiger partial charge in [0.25, 0.3) is 0 Å². The van der Waals surface area contributed by atoms with Crippen LogP contribution in [0.5, 0.6) is 5.75 Å². The van der Waals surface area contributed by atoms with Gasteiger partial charge in [-0.1, -0.05) is 72.2 Å². The summed E-state index contributed by atoms with van der Waals surface area (Å²) in [6, 6.07) is 6.62. The molecule has 0 bridgehead atoms. The van der Waals surface area contributed by atoms with Crippen molar-refractivity contribution < 1.29 is 29.6 Å². The van der Waals surface area contributed by atoms with Crippen molar-refractivity contribution in [1.29, 1.82) is 0 Å². The predicted molar refractivity (Wildman–Crippen MR) is 175 cm³/mol. The third-order valence-corrected chi connectivity index (χ3v) is 14.9. The number of aromatic hydroxyl groups is 1. The van der Waals surface area contributed by atoms with E-state index >= 15 is 0 Å². The normalized spacial score (nSPS) is 45.3. The maximum atomic E-state index is 13.0. The van der Waals surface area contributed by atoms with E-state index in [2.05, 4.69) is 54.5 Å². The van der Waals surface area contributed by atoms with E-state index in [1.807, 2.05) is 0 Å². The Kier molecular flexibility index (Phi) is 7.70. The number of benzene rings is 1. The highest BCUT2D eigenvalue weighted by Gasteiger charge is 2.70. The molecule has 0 aromatic heterocycles. The highest BCUT2D eigenvalue weighted by Crippen LogP contribution is 2.75. The summed E-state index contributed by atoms with van der Waals surface area (Å²) in [4.78, 5) is 26.0. The molecule has 3 unspecified atom stereocenters. The summed E-state index contributed by atoms with van der Waals surface area (Å²) in [5, 5.41) is 32.0. The lowest BCUT2D eigenvalue weighted by Crippen LogP contribution is -2.67. The Hall–Kier alpha value is -2.60. The summed E-state index contributed by atoms with van der Waals surface area (Å²) in [6.45, 7) is 16.2. The minimum absolute atomic E-state index is 0.0143. The summed E-state index contributed by atoms with van der Waals surface area (Å²) in [5.74, 6) is 0.617. The van der Waals surface area contributed by atoms with E-state index in [4.69, 9.17) is 4.74 Å². The summed E-state index contributed by atoms with van der Waals surface area (Å²) >= 11 is 0. The first kappa shape index (κ1) is 32.3. The molecule has 4 fully saturated rings. The van der Waals surface area contributed by atoms with Crippen molar-refractivity contribution in [1.82, 2.24) is 0 Å². The molecule has 1 aromatic carbocycles. The van der Waals surface area contributed by atoms with Crippen LogP contribution in [-0.2, 0) is 14.3 Å². The first-order valence-electron chi connectivity index (χ1n) is 17.3. The Balaban J connectivity index is 1.29. The van der Waals surface area contributed by atoms with Gasteiger partial charge in [-0.15, -0.1) is 0 Å². The molecular formula is C39H54O6. The maximum Gasteiger partial charge on any atom is 0.331 e. The molecule has 11 atom stereocenters. The largest absolute Gasteiger partial charge is 0.508 e. The van der Waals surface area contributed by atoms with E-state index in [1.165, 1.54) is 11.6 Å². The van der Waals surface area contributed by atoms with E-state index in [-0.39, 0.29) is 33.8 Å². The minimum Gasteiger partial charge on any atom is -0.508 e. The van der Waals surface area contributed by atoms with Crippen LogP contribution in [0.2, 0.25) is 0 Å². The van der Waals surface area contributed by atoms with Crippen LogP contribution >= 0.6 is 0 Å². The zero-order valence-electron chi connectivity index (χ0n) is 28.3. The molecule has 0 saturated heterocycles. The topological polar surface area (TPSA) is 104 Å². The molecule has 1 aromatic rings. The Morgan fingerprint density at radius 3 is 2.29 bits per heavy atom. The Morgan fingerprint density at radius 1 is 0.933 bits per heavy atom. The van der Waals surface area contributed by atoms with E-state index in [0.717, 1.165) is 50.5 Å². The fourth-order valence-corrected chi connectivity index (χ4v) is 12.1. The third kappa shape index (κ3) is 4.58. The number of aliphatic carboxylic acids is 1. The SMILES string of the molecule is C[C@@H]1CC[C@]2(C(=O)O)CC[C@]3(C)C(=CCC4[C@@]5(C)C[C@@H](O)[C@H](OC(=O)C=Cc6ccc(O)cc6)C(C)(C)C5CC[C@]43C)C2[C@H]1C. The highest BCUT2D eigenvalue weighted by molar-refractivity contribution is 5.87. The quantitative estimate of drug-likeness (QED) is 0.179. The van der Waals surface area contributed by atoms with Crippen LogP contribution in [0.25, 0.3) is 6.08 Å². The van der Waals surface area contributed by atoms with Gasteiger partial charge in [0.05, 0.1) is 11.5 Å². The van der Waals surface area contributed by atoms with Crippen molar-refractivity contribution >= 4 is 18.0 Å². The summed E-state index contributed by atoms with van der Waals surface area (Å²) in [6.07, 6.45) is 11.1. The third-order valence-electron chi connectivity index (χ3n) is 14.9. The number of aliphatic hydroxyl groups excluding tert-OH is 1. The number of fused-ring (bicyclic) bond motifs is 7. The molecule has 0 aliphatic heterocycles. The first-order valence-corrected chi connectivity index (χ1v) is 17.3. The van der Waals surface area contributed by atoms with Gasteiger partial charge in [0.1, 0.15) is 11.9 Å². The monoisotopic (exact) mass is 618 g/mol. The number of allylic oxidation sites excluding steroid dienone is 2. The van der Waals surface area contributed by atoms with Gasteiger partial charge in [0.15, 0.2) is 0 Å². The first-order chi connectivity index (χ1) is 21.0. The van der Waals surface area contributed by atoms with Crippen molar-refractivity contribution in [2.45, 2.75) is 112 Å². The van der Waals surface area contributed by atoms with E-state index < -0.39 is 35.0 Å². The van der Waals surface area contributed by atoms with Crippen molar-refractivity contribution in [3.63, 3.8) is 0 Å². The van der Waals surface area contributed by atoms with Gasteiger partial charge in [-0.2, -0.15) is 0 Å². The molecule has 3 N–H and O–H groups in total. The average Bonchev–Trinajstić information content (AvgIpc) is 2.97. The van der Waals surface area contributed by atoms with Crippen molar-refractivity contribution in [3.05, 3.63) is 47.6 Å². The van der Waals surface area contributed by atoms with Crippen LogP contribution in [0.1, 0.15) is 105 Å². The summed E-state index contributed by atoms with van der Waals surface area (Å²) in [5.41, 5.74) is 0.857. The molecule has 0 spiro atoms. The van der Waals surface area contributed by atoms with Crippen LogP contribution in [-0.4, -0.2) is 39.5 Å². The second-order valence-electron chi connectivity index (χ2n) is 17.0. The van der Waals surface area contributed by atoms with Crippen molar-refractivity contribution in [2.75, 3.05) is 0 Å². The molecule has 6 heteroatoms. The van der Waals surface area contributed by atoms with Crippen LogP contribution in [0.15, 0.2) is 42.0 Å². The number of carboxylic acids is 1. The van der Waals surface area contributed by atoms with Gasteiger partial charge < -0.3 is 20.1 Å². The Morgan fingerprint density at radius 2 is 1.62 bits per heavy atom. The molecule has 45 heavy (non-hydrogen) atoms. The number of phenolic OH excluding ortho intramolecular Hbond substituents is 1. The van der Waals surface area contributed by atoms with Gasteiger partial charge in [-0.3, -0.25) is 4.79 Å². The number of phenols is 1. The van der Waals surface area contributed by atoms with Crippen LogP contribution in [0.3, 0.4) is 0 Å². The second-order valence-corrected chi connectivity index (χ2v) is 17.0.